The van der Waals surface area contributed by atoms with Crippen LogP contribution in [0.25, 0.3) is 0 Å². The van der Waals surface area contributed by atoms with E-state index in [0.717, 1.165) is 80.7 Å². The summed E-state index contributed by atoms with van der Waals surface area (Å²) in [7, 11) is 0. The van der Waals surface area contributed by atoms with Crippen molar-refractivity contribution >= 4 is 23.6 Å². The second-order valence-electron chi connectivity index (χ2n) is 11.3. The van der Waals surface area contributed by atoms with E-state index in [1.807, 2.05) is 61.2 Å². The Hall–Kier alpha value is -3.59. The van der Waals surface area contributed by atoms with Crippen LogP contribution in [0.1, 0.15) is 74.2 Å². The van der Waals surface area contributed by atoms with Crippen molar-refractivity contribution in [1.29, 1.82) is 0 Å². The van der Waals surface area contributed by atoms with Gasteiger partial charge in [-0.25, -0.2) is 4.79 Å². The molecule has 2 heterocycles. The molecule has 0 aliphatic carbocycles. The Labute approximate surface area is 237 Å². The Morgan fingerprint density at radius 1 is 1.02 bits per heavy atom. The molecule has 2 aromatic rings. The third kappa shape index (κ3) is 7.97. The maximum atomic E-state index is 13.1. The van der Waals surface area contributed by atoms with E-state index in [2.05, 4.69) is 16.3 Å². The van der Waals surface area contributed by atoms with E-state index in [1.165, 1.54) is 0 Å². The number of fused-ring (bicyclic) bond motifs is 1. The number of hydrogen-bond acceptors (Lipinski definition) is 6. The topological polar surface area (TPSA) is 114 Å². The lowest BCUT2D eigenvalue weighted by atomic mass is 9.86. The molecule has 0 bridgehead atoms. The largest absolute Gasteiger partial charge is 0.482 e. The van der Waals surface area contributed by atoms with E-state index in [4.69, 9.17) is 15.2 Å². The van der Waals surface area contributed by atoms with Crippen LogP contribution in [0.5, 0.6) is 5.75 Å². The minimum atomic E-state index is -0.753. The second kappa shape index (κ2) is 13.7. The molecular formula is C31H42N4O5. The summed E-state index contributed by atoms with van der Waals surface area (Å²) in [5.74, 6) is 1.06. The number of piperidine rings is 1. The Morgan fingerprint density at radius 2 is 1.75 bits per heavy atom. The summed E-state index contributed by atoms with van der Waals surface area (Å²) >= 11 is 0. The predicted octanol–water partition coefficient (Wildman–Crippen LogP) is 4.46. The van der Waals surface area contributed by atoms with Gasteiger partial charge in [-0.15, -0.1) is 0 Å². The lowest BCUT2D eigenvalue weighted by Crippen LogP contribution is -2.45. The van der Waals surface area contributed by atoms with Gasteiger partial charge in [0, 0.05) is 25.2 Å². The second-order valence-corrected chi connectivity index (χ2v) is 11.3. The van der Waals surface area contributed by atoms with Crippen LogP contribution in [0.15, 0.2) is 48.5 Å². The van der Waals surface area contributed by atoms with Crippen LogP contribution in [-0.4, -0.2) is 67.7 Å². The summed E-state index contributed by atoms with van der Waals surface area (Å²) in [5, 5.41) is 3.08. The van der Waals surface area contributed by atoms with E-state index in [0.29, 0.717) is 19.0 Å². The van der Waals surface area contributed by atoms with Crippen molar-refractivity contribution in [1.82, 2.24) is 10.2 Å². The van der Waals surface area contributed by atoms with Gasteiger partial charge in [0.1, 0.15) is 11.4 Å². The average Bonchev–Trinajstić information content (AvgIpc) is 2.94. The Balaban J connectivity index is 1.21. The summed E-state index contributed by atoms with van der Waals surface area (Å²) in [6.07, 6.45) is 4.58. The molecule has 0 spiro atoms. The van der Waals surface area contributed by atoms with Crippen molar-refractivity contribution in [2.24, 2.45) is 5.73 Å². The predicted molar refractivity (Wildman–Crippen MR) is 155 cm³/mol. The molecule has 3 N–H and O–H groups in total. The number of carbonyl (C=O) groups is 3. The molecule has 2 aliphatic heterocycles. The first kappa shape index (κ1) is 29.4. The van der Waals surface area contributed by atoms with E-state index in [1.54, 1.807) is 0 Å². The van der Waals surface area contributed by atoms with E-state index >= 15 is 0 Å². The minimum absolute atomic E-state index is 0.00512. The number of unbranched alkanes of at least 4 members (excludes halogenated alkanes) is 2. The number of nitrogens with zero attached hydrogens (tertiary/aromatic N) is 2. The molecule has 40 heavy (non-hydrogen) atoms. The van der Waals surface area contributed by atoms with Crippen molar-refractivity contribution in [3.8, 4) is 5.75 Å². The van der Waals surface area contributed by atoms with Crippen LogP contribution in [0.2, 0.25) is 0 Å². The van der Waals surface area contributed by atoms with Crippen LogP contribution >= 0.6 is 0 Å². The maximum Gasteiger partial charge on any atom is 0.405 e. The molecule has 0 unspecified atom stereocenters. The lowest BCUT2D eigenvalue weighted by Gasteiger charge is -2.35. The third-order valence-electron chi connectivity index (χ3n) is 7.80. The number of nitrogens with one attached hydrogen (secondary N) is 1. The maximum absolute atomic E-state index is 13.1. The highest BCUT2D eigenvalue weighted by atomic mass is 16.6. The highest BCUT2D eigenvalue weighted by Crippen LogP contribution is 2.33. The number of primary amides is 1. The van der Waals surface area contributed by atoms with Gasteiger partial charge in [-0.3, -0.25) is 9.59 Å². The number of amides is 3. The zero-order valence-electron chi connectivity index (χ0n) is 23.7. The fourth-order valence-electron chi connectivity index (χ4n) is 5.64. The number of rotatable bonds is 12. The van der Waals surface area contributed by atoms with Gasteiger partial charge in [-0.05, 0) is 88.7 Å². The zero-order valence-corrected chi connectivity index (χ0v) is 23.7. The molecule has 2 aromatic carbocycles. The highest BCUT2D eigenvalue weighted by Gasteiger charge is 2.28. The average molecular weight is 551 g/mol. The molecule has 1 saturated heterocycles. The molecule has 3 amide bonds. The summed E-state index contributed by atoms with van der Waals surface area (Å²) in [6, 6.07) is 15.6. The standard InChI is InChI=1S/C31H42N4O5/c1-31(2,40-30(32)38)16-8-3-9-17-33-29(37)25-11-5-4-10-24(25)23-14-18-34(19-15-23)20-21-35-26-12-6-7-13-27(26)39-22-28(35)36/h4-7,10-13,23H,3,8-9,14-22H2,1-2H3,(H2,32,38)(H,33,37). The minimum Gasteiger partial charge on any atom is -0.482 e. The quantitative estimate of drug-likeness (QED) is 0.377. The van der Waals surface area contributed by atoms with Gasteiger partial charge in [-0.1, -0.05) is 36.8 Å². The number of carbonyl (C=O) groups excluding carboxylic acids is 3. The third-order valence-corrected chi connectivity index (χ3v) is 7.80. The molecule has 216 valence electrons. The molecule has 9 heteroatoms. The molecular weight excluding hydrogens is 508 g/mol. The first-order valence-electron chi connectivity index (χ1n) is 14.3. The van der Waals surface area contributed by atoms with Crippen molar-refractivity contribution in [2.45, 2.75) is 63.9 Å². The van der Waals surface area contributed by atoms with Gasteiger partial charge in [0.2, 0.25) is 0 Å². The van der Waals surface area contributed by atoms with Crippen molar-refractivity contribution in [3.05, 3.63) is 59.7 Å². The number of nitrogens with two attached hydrogens (primary N) is 1. The monoisotopic (exact) mass is 550 g/mol. The molecule has 0 atom stereocenters. The molecule has 9 nitrogen and oxygen atoms in total. The van der Waals surface area contributed by atoms with Crippen LogP contribution in [0, 0.1) is 0 Å². The van der Waals surface area contributed by atoms with Crippen LogP contribution < -0.4 is 20.7 Å². The number of anilines is 1. The summed E-state index contributed by atoms with van der Waals surface area (Å²) in [5.41, 5.74) is 7.26. The zero-order chi connectivity index (χ0) is 28.5. The van der Waals surface area contributed by atoms with Crippen molar-refractivity contribution in [3.63, 3.8) is 0 Å². The van der Waals surface area contributed by atoms with Gasteiger partial charge in [0.25, 0.3) is 11.8 Å². The lowest BCUT2D eigenvalue weighted by molar-refractivity contribution is -0.121. The fraction of sp³-hybridized carbons (Fsp3) is 0.516. The Morgan fingerprint density at radius 3 is 2.52 bits per heavy atom. The SMILES string of the molecule is CC(C)(CCCCCNC(=O)c1ccccc1C1CCN(CCN2C(=O)COc3ccccc32)CC1)OC(N)=O. The van der Waals surface area contributed by atoms with E-state index in [9.17, 15) is 14.4 Å². The summed E-state index contributed by atoms with van der Waals surface area (Å²) < 4.78 is 10.7. The molecule has 0 saturated carbocycles. The number of hydrogen-bond donors (Lipinski definition) is 2. The smallest absolute Gasteiger partial charge is 0.405 e. The Bertz CT molecular complexity index is 1180. The number of ether oxygens (including phenoxy) is 2. The van der Waals surface area contributed by atoms with E-state index < -0.39 is 11.7 Å². The van der Waals surface area contributed by atoms with E-state index in [-0.39, 0.29) is 18.4 Å². The first-order valence-corrected chi connectivity index (χ1v) is 14.3. The van der Waals surface area contributed by atoms with Crippen molar-refractivity contribution < 1.29 is 23.9 Å². The summed E-state index contributed by atoms with van der Waals surface area (Å²) in [6.45, 7) is 7.69. The molecule has 0 radical (unpaired) electrons. The Kier molecular flexibility index (Phi) is 10.0. The normalized spacial score (nSPS) is 16.2. The van der Waals surface area contributed by atoms with Gasteiger partial charge >= 0.3 is 6.09 Å². The molecule has 1 fully saturated rings. The van der Waals surface area contributed by atoms with Crippen molar-refractivity contribution in [2.75, 3.05) is 44.2 Å². The van der Waals surface area contributed by atoms with Gasteiger partial charge in [0.05, 0.1) is 5.69 Å². The molecule has 2 aliphatic rings. The molecule has 4 rings (SSSR count). The van der Waals surface area contributed by atoms with Crippen LogP contribution in [0.3, 0.4) is 0 Å². The summed E-state index contributed by atoms with van der Waals surface area (Å²) in [4.78, 5) is 40.8. The number of likely N-dealkylation sites (tertiary alicyclic amines) is 1. The highest BCUT2D eigenvalue weighted by molar-refractivity contribution is 5.98. The first-order chi connectivity index (χ1) is 19.2. The van der Waals surface area contributed by atoms with Crippen LogP contribution in [-0.2, 0) is 9.53 Å². The number of benzene rings is 2. The fourth-order valence-corrected chi connectivity index (χ4v) is 5.64. The van der Waals surface area contributed by atoms with Gasteiger partial charge in [-0.2, -0.15) is 0 Å². The van der Waals surface area contributed by atoms with Gasteiger partial charge < -0.3 is 30.3 Å². The van der Waals surface area contributed by atoms with Crippen LogP contribution in [0.4, 0.5) is 10.5 Å². The molecule has 0 aromatic heterocycles. The van der Waals surface area contributed by atoms with Gasteiger partial charge in [0.15, 0.2) is 6.61 Å². The number of para-hydroxylation sites is 2.